The Balaban J connectivity index is 0.897. The summed E-state index contributed by atoms with van der Waals surface area (Å²) in [7, 11) is 1.24. The number of ether oxygens (including phenoxy) is 2. The van der Waals surface area contributed by atoms with Gasteiger partial charge in [-0.3, -0.25) is 29.1 Å². The van der Waals surface area contributed by atoms with Crippen molar-refractivity contribution in [3.63, 3.8) is 0 Å². The molecule has 0 fully saturated rings. The quantitative estimate of drug-likeness (QED) is 0.108. The first-order chi connectivity index (χ1) is 26.4. The number of amides is 4. The summed E-state index contributed by atoms with van der Waals surface area (Å²) in [6, 6.07) is 18.3. The van der Waals surface area contributed by atoms with Crippen molar-refractivity contribution in [2.24, 2.45) is 4.99 Å². The first kappa shape index (κ1) is 38.3. The Morgan fingerprint density at radius 1 is 1.02 bits per heavy atom. The molecule has 2 aliphatic heterocycles. The van der Waals surface area contributed by atoms with Crippen LogP contribution >= 0.6 is 22.7 Å². The number of para-hydroxylation sites is 1. The second-order valence-electron chi connectivity index (χ2n) is 13.6. The number of carbonyl (C=O) groups is 4. The minimum Gasteiger partial charge on any atom is -0.493 e. The van der Waals surface area contributed by atoms with E-state index < -0.39 is 0 Å². The molecular weight excluding hydrogens is 777 g/mol. The van der Waals surface area contributed by atoms with Crippen LogP contribution in [0.5, 0.6) is 11.5 Å². The van der Waals surface area contributed by atoms with Gasteiger partial charge in [-0.2, -0.15) is 0 Å². The maximum atomic E-state index is 13.6. The van der Waals surface area contributed by atoms with Gasteiger partial charge in [-0.15, -0.1) is 20.8 Å². The van der Waals surface area contributed by atoms with Crippen LogP contribution in [0.3, 0.4) is 0 Å². The molecule has 0 radical (unpaired) electrons. The molecule has 3 N–H and O–H groups in total. The lowest BCUT2D eigenvalue weighted by Crippen LogP contribution is -2.40. The van der Waals surface area contributed by atoms with Gasteiger partial charge in [0.25, 0.3) is 17.7 Å². The van der Waals surface area contributed by atoms with Gasteiger partial charge < -0.3 is 25.4 Å². The van der Waals surface area contributed by atoms with Crippen molar-refractivity contribution in [3.8, 4) is 11.5 Å². The van der Waals surface area contributed by atoms with Crippen LogP contribution in [0.25, 0.3) is 10.1 Å². The Kier molecular flexibility index (Phi) is 11.1. The minimum absolute atomic E-state index is 0.146. The van der Waals surface area contributed by atoms with Crippen LogP contribution < -0.4 is 30.3 Å². The normalized spacial score (nSPS) is 15.1. The average Bonchev–Trinajstić information content (AvgIpc) is 3.89. The topological polar surface area (TPSA) is 151 Å². The molecule has 4 heterocycles. The number of hydrogen-bond acceptors (Lipinski definition) is 11. The molecule has 0 saturated heterocycles. The Hall–Kier alpha value is -5.03. The van der Waals surface area contributed by atoms with E-state index in [4.69, 9.17) is 20.7 Å². The van der Waals surface area contributed by atoms with E-state index in [-0.39, 0.29) is 56.9 Å². The van der Waals surface area contributed by atoms with Gasteiger partial charge in [0.05, 0.1) is 42.1 Å². The molecule has 7 rings (SSSR count). The smallest absolute Gasteiger partial charge is 0.267 e. The van der Waals surface area contributed by atoms with Gasteiger partial charge in [0, 0.05) is 52.5 Å². The molecule has 5 aromatic rings. The third-order valence-corrected chi connectivity index (χ3v) is 14.4. The Morgan fingerprint density at radius 3 is 2.64 bits per heavy atom. The van der Waals surface area contributed by atoms with Crippen molar-refractivity contribution in [1.82, 2.24) is 10.3 Å². The zero-order valence-electron chi connectivity index (χ0n) is 30.5. The van der Waals surface area contributed by atoms with Gasteiger partial charge in [-0.1, -0.05) is 40.7 Å². The summed E-state index contributed by atoms with van der Waals surface area (Å²) >= 11 is 7.86. The summed E-state index contributed by atoms with van der Waals surface area (Å²) < 4.78 is 12.3. The molecule has 0 bridgehead atoms. The summed E-state index contributed by atoms with van der Waals surface area (Å²) in [4.78, 5) is 63.8. The van der Waals surface area contributed by atoms with E-state index in [0.717, 1.165) is 32.7 Å². The highest BCUT2D eigenvalue weighted by molar-refractivity contribution is 8.29. The first-order valence-electron chi connectivity index (χ1n) is 17.4. The zero-order chi connectivity index (χ0) is 38.9. The van der Waals surface area contributed by atoms with Crippen molar-refractivity contribution >= 4 is 105 Å². The second kappa shape index (κ2) is 16.0. The fourth-order valence-corrected chi connectivity index (χ4v) is 8.27. The number of aliphatic imine (C=N–C) groups is 1. The highest BCUT2D eigenvalue weighted by Gasteiger charge is 2.36. The van der Waals surface area contributed by atoms with Gasteiger partial charge in [0.1, 0.15) is 4.88 Å². The fourth-order valence-electron chi connectivity index (χ4n) is 6.13. The number of aromatic nitrogens is 1. The molecule has 0 spiro atoms. The molecule has 2 atom stereocenters. The zero-order valence-corrected chi connectivity index (χ0v) is 33.7. The van der Waals surface area contributed by atoms with Crippen LogP contribution in [0.2, 0.25) is 0 Å². The van der Waals surface area contributed by atoms with Crippen molar-refractivity contribution in [3.05, 3.63) is 87.7 Å². The van der Waals surface area contributed by atoms with E-state index in [0.29, 0.717) is 62.7 Å². The van der Waals surface area contributed by atoms with E-state index in [9.17, 15) is 19.2 Å². The number of thiophene rings is 1. The number of hydrogen-bond donors (Lipinski definition) is 3. The van der Waals surface area contributed by atoms with Gasteiger partial charge in [-0.25, -0.2) is 4.98 Å². The lowest BCUT2D eigenvalue weighted by atomic mass is 10.1. The summed E-state index contributed by atoms with van der Waals surface area (Å²) in [5, 5.41) is 9.75. The van der Waals surface area contributed by atoms with Crippen molar-refractivity contribution in [1.29, 1.82) is 0 Å². The van der Waals surface area contributed by atoms with Crippen LogP contribution in [0, 0.1) is 0 Å². The van der Waals surface area contributed by atoms with Crippen LogP contribution in [0.4, 0.5) is 22.2 Å². The van der Waals surface area contributed by atoms with Crippen LogP contribution in [-0.4, -0.2) is 72.1 Å². The minimum atomic E-state index is -0.369. The largest absolute Gasteiger partial charge is 0.493 e. The first-order valence-corrected chi connectivity index (χ1v) is 21.6. The molecule has 55 heavy (non-hydrogen) atoms. The lowest BCUT2D eigenvalue weighted by molar-refractivity contribution is -0.116. The molecule has 284 valence electrons. The third-order valence-electron chi connectivity index (χ3n) is 9.36. The van der Waals surface area contributed by atoms with Gasteiger partial charge in [-0.05, 0) is 73.9 Å². The highest BCUT2D eigenvalue weighted by Crippen LogP contribution is 2.41. The Morgan fingerprint density at radius 2 is 1.84 bits per heavy atom. The molecule has 12 nitrogen and oxygen atoms in total. The van der Waals surface area contributed by atoms with Gasteiger partial charge >= 0.3 is 0 Å². The molecule has 3 aromatic carbocycles. The molecule has 2 aliphatic rings. The van der Waals surface area contributed by atoms with Crippen molar-refractivity contribution < 1.29 is 28.7 Å². The number of methoxy groups -OCH3 is 1. The number of anilines is 3. The summed E-state index contributed by atoms with van der Waals surface area (Å²) in [5.74, 6) is -0.133. The van der Waals surface area contributed by atoms with Gasteiger partial charge in [0.2, 0.25) is 5.91 Å². The summed E-state index contributed by atoms with van der Waals surface area (Å²) in [5.41, 5.74) is 3.48. The number of rotatable bonds is 13. The number of thiazole rings is 1. The molecule has 16 heteroatoms. The standard InChI is InChI=1S/C39H38N6O6S4/c1-39(2,55(4)52)21-42-35(47)32-16-23-14-24(11-12-31(23)53-32)43-36(48)33-20-41-38(54-33)44-34(46)10-7-13-51-30-18-27-26(17-29(30)50-3)37(49)45-25(19-40-27)15-22-8-5-6-9-28(22)45/h5-6,8-9,11-12,14,16-20,25H,7,10,13,15,21H2,1-4H3,(H,42,47)(H,43,48)(H,41,44,46)/t25-,55?/m0/s1. The predicted octanol–water partition coefficient (Wildman–Crippen LogP) is 6.92. The van der Waals surface area contributed by atoms with Crippen LogP contribution in [0.1, 0.15) is 62.0 Å². The molecule has 0 aliphatic carbocycles. The highest BCUT2D eigenvalue weighted by atomic mass is 32.8. The summed E-state index contributed by atoms with van der Waals surface area (Å²) in [6.07, 6.45) is 6.43. The fraction of sp³-hybridized carbons (Fsp3) is 0.282. The van der Waals surface area contributed by atoms with E-state index in [1.807, 2.05) is 62.6 Å². The van der Waals surface area contributed by atoms with Crippen LogP contribution in [-0.2, 0) is 31.9 Å². The van der Waals surface area contributed by atoms with Gasteiger partial charge in [0.15, 0.2) is 16.6 Å². The third kappa shape index (κ3) is 8.32. The maximum absolute atomic E-state index is 13.6. The molecule has 1 unspecified atom stereocenters. The van der Waals surface area contributed by atoms with E-state index >= 15 is 0 Å². The number of benzene rings is 3. The lowest BCUT2D eigenvalue weighted by Gasteiger charge is -2.24. The van der Waals surface area contributed by atoms with Crippen LogP contribution in [0.15, 0.2) is 71.9 Å². The second-order valence-corrected chi connectivity index (χ2v) is 19.2. The van der Waals surface area contributed by atoms with Crippen molar-refractivity contribution in [2.45, 2.75) is 43.9 Å². The number of nitrogens with one attached hydrogen (secondary N) is 3. The molecule has 4 amide bonds. The Bertz CT molecular complexity index is 2390. The van der Waals surface area contributed by atoms with E-state index in [1.165, 1.54) is 24.6 Å². The predicted molar refractivity (Wildman–Crippen MR) is 224 cm³/mol. The molecule has 2 aromatic heterocycles. The molecular formula is C39H38N6O6S4. The maximum Gasteiger partial charge on any atom is 0.267 e. The number of nitrogens with zero attached hydrogens (tertiary/aromatic N) is 3. The van der Waals surface area contributed by atoms with E-state index in [2.05, 4.69) is 25.9 Å². The average molecular weight is 815 g/mol. The van der Waals surface area contributed by atoms with E-state index in [1.54, 1.807) is 29.3 Å². The number of carbonyl (C=O) groups excluding carboxylic acids is 4. The SMILES string of the molecule is COc1cc2c(cc1OCCCC(=O)Nc1ncc(C(=O)Nc3ccc4sc(C(=O)NCC(C)(C)S(C)=S)cc4c3)s1)N=C[C@@H]1Cc3ccccc3N1C2=O. The Labute approximate surface area is 332 Å². The monoisotopic (exact) mass is 814 g/mol. The summed E-state index contributed by atoms with van der Waals surface area (Å²) in [6.45, 7) is 4.78. The number of fused-ring (bicyclic) bond motifs is 5. The van der Waals surface area contributed by atoms with Crippen molar-refractivity contribution in [2.75, 3.05) is 42.1 Å². The molecule has 0 saturated carbocycles.